The zero-order valence-electron chi connectivity index (χ0n) is 9.29. The van der Waals surface area contributed by atoms with E-state index >= 15 is 0 Å². The maximum Gasteiger partial charge on any atom is 0.341 e. The molecule has 0 saturated carbocycles. The SMILES string of the molecule is C[n+]1cccnc1CC(P(=O)(O)O)P(=O)(O)O.[Cl-]. The van der Waals surface area contributed by atoms with Gasteiger partial charge in [0.1, 0.15) is 6.20 Å². The molecule has 4 N–H and O–H groups in total. The molecule has 0 aliphatic rings. The van der Waals surface area contributed by atoms with E-state index in [1.54, 1.807) is 19.3 Å². The lowest BCUT2D eigenvalue weighted by molar-refractivity contribution is -0.682. The minimum Gasteiger partial charge on any atom is -1.00 e. The fraction of sp³-hybridized carbons (Fsp3) is 0.429. The van der Waals surface area contributed by atoms with E-state index in [9.17, 15) is 9.13 Å². The number of aryl methyl sites for hydroxylation is 1. The van der Waals surface area contributed by atoms with Gasteiger partial charge in [0.25, 0.3) is 5.82 Å². The van der Waals surface area contributed by atoms with Gasteiger partial charge in [0.2, 0.25) is 0 Å². The molecule has 1 heterocycles. The molecule has 0 radical (unpaired) electrons. The van der Waals surface area contributed by atoms with Crippen LogP contribution < -0.4 is 17.0 Å². The molecule has 1 rings (SSSR count). The average molecular weight is 319 g/mol. The number of hydrogen-bond acceptors (Lipinski definition) is 3. The standard InChI is InChI=1S/C7H12N2O6P2.ClH/c1-9-4-2-3-8-6(9)5-7(16(10,11)12)17(13,14)15;/h2-4,7H,5H2,1H3,(H3-,10,11,12,13,14,15);1H. The van der Waals surface area contributed by atoms with E-state index in [-0.39, 0.29) is 18.2 Å². The van der Waals surface area contributed by atoms with E-state index in [1.165, 1.54) is 10.8 Å². The van der Waals surface area contributed by atoms with Crippen LogP contribution in [-0.2, 0) is 22.6 Å². The summed E-state index contributed by atoms with van der Waals surface area (Å²) in [5.74, 6) is 0.184. The van der Waals surface area contributed by atoms with Gasteiger partial charge in [-0.05, 0) is 0 Å². The Morgan fingerprint density at radius 1 is 1.28 bits per heavy atom. The van der Waals surface area contributed by atoms with Crippen LogP contribution >= 0.6 is 15.2 Å². The van der Waals surface area contributed by atoms with Gasteiger partial charge in [-0.1, -0.05) is 4.98 Å². The van der Waals surface area contributed by atoms with Gasteiger partial charge in [-0.3, -0.25) is 9.13 Å². The molecule has 11 heteroatoms. The summed E-state index contributed by atoms with van der Waals surface area (Å²) in [6.07, 6.45) is 2.45. The molecule has 0 bridgehead atoms. The smallest absolute Gasteiger partial charge is 0.341 e. The lowest BCUT2D eigenvalue weighted by atomic mass is 10.4. The van der Waals surface area contributed by atoms with E-state index in [2.05, 4.69) is 4.98 Å². The van der Waals surface area contributed by atoms with Gasteiger partial charge in [-0.2, -0.15) is 0 Å². The molecule has 0 spiro atoms. The average Bonchev–Trinajstić information content (AvgIpc) is 2.12. The molecule has 0 saturated heterocycles. The van der Waals surface area contributed by atoms with Crippen LogP contribution in [0.1, 0.15) is 5.82 Å². The van der Waals surface area contributed by atoms with Crippen molar-refractivity contribution in [1.29, 1.82) is 0 Å². The molecule has 1 aromatic rings. The predicted molar refractivity (Wildman–Crippen MR) is 57.0 cm³/mol. The van der Waals surface area contributed by atoms with Crippen molar-refractivity contribution in [3.63, 3.8) is 0 Å². The number of halogens is 1. The number of aromatic nitrogens is 2. The van der Waals surface area contributed by atoms with Gasteiger partial charge in [0, 0.05) is 6.07 Å². The number of nitrogens with zero attached hydrogens (tertiary/aromatic N) is 2. The van der Waals surface area contributed by atoms with Crippen molar-refractivity contribution in [2.75, 3.05) is 0 Å². The highest BCUT2D eigenvalue weighted by Gasteiger charge is 2.45. The van der Waals surface area contributed by atoms with E-state index in [1.807, 2.05) is 0 Å². The van der Waals surface area contributed by atoms with Gasteiger partial charge >= 0.3 is 15.2 Å². The highest BCUT2D eigenvalue weighted by atomic mass is 35.5. The summed E-state index contributed by atoms with van der Waals surface area (Å²) >= 11 is 0. The zero-order chi connectivity index (χ0) is 13.3. The van der Waals surface area contributed by atoms with Crippen LogP contribution in [0.3, 0.4) is 0 Å². The Labute approximate surface area is 109 Å². The first kappa shape index (κ1) is 17.7. The van der Waals surface area contributed by atoms with Crippen LogP contribution in [0.15, 0.2) is 18.5 Å². The van der Waals surface area contributed by atoms with Crippen molar-refractivity contribution in [1.82, 2.24) is 4.98 Å². The lowest BCUT2D eigenvalue weighted by Gasteiger charge is -2.17. The molecule has 8 nitrogen and oxygen atoms in total. The van der Waals surface area contributed by atoms with Crippen LogP contribution in [0.25, 0.3) is 0 Å². The first-order valence-electron chi connectivity index (χ1n) is 4.52. The molecule has 0 aromatic carbocycles. The van der Waals surface area contributed by atoms with Crippen molar-refractivity contribution >= 4 is 15.2 Å². The summed E-state index contributed by atoms with van der Waals surface area (Å²) in [7, 11) is -8.23. The Kier molecular flexibility index (Phi) is 6.10. The fourth-order valence-electron chi connectivity index (χ4n) is 1.27. The van der Waals surface area contributed by atoms with Crippen LogP contribution in [0, 0.1) is 0 Å². The van der Waals surface area contributed by atoms with Gasteiger partial charge in [0.05, 0.1) is 19.7 Å². The topological polar surface area (TPSA) is 132 Å². The Bertz CT molecular complexity index is 478. The Balaban J connectivity index is 0.00000289. The minimum atomic E-state index is -4.90. The summed E-state index contributed by atoms with van der Waals surface area (Å²) in [5.41, 5.74) is 0. The van der Waals surface area contributed by atoms with Gasteiger partial charge in [-0.15, -0.1) is 0 Å². The summed E-state index contributed by atoms with van der Waals surface area (Å²) in [6, 6.07) is 1.59. The molecule has 0 unspecified atom stereocenters. The van der Waals surface area contributed by atoms with Crippen LogP contribution in [0.5, 0.6) is 0 Å². The predicted octanol–water partition coefficient (Wildman–Crippen LogP) is -3.87. The van der Waals surface area contributed by atoms with Crippen molar-refractivity contribution in [2.45, 2.75) is 11.8 Å². The molecular weight excluding hydrogens is 305 g/mol. The molecule has 0 atom stereocenters. The Morgan fingerprint density at radius 3 is 2.17 bits per heavy atom. The molecule has 0 fully saturated rings. The first-order chi connectivity index (χ1) is 7.62. The summed E-state index contributed by atoms with van der Waals surface area (Å²) in [5, 5.41) is -2.06. The van der Waals surface area contributed by atoms with Gasteiger partial charge in [-0.25, -0.2) is 4.57 Å². The fourth-order valence-corrected chi connectivity index (χ4v) is 3.64. The second-order valence-electron chi connectivity index (χ2n) is 3.51. The zero-order valence-corrected chi connectivity index (χ0v) is 11.8. The van der Waals surface area contributed by atoms with Gasteiger partial charge < -0.3 is 32.0 Å². The second-order valence-corrected chi connectivity index (χ2v) is 7.52. The summed E-state index contributed by atoms with van der Waals surface area (Å²) < 4.78 is 23.6. The highest BCUT2D eigenvalue weighted by molar-refractivity contribution is 7.70. The molecule has 0 aliphatic carbocycles. The molecule has 1 aromatic heterocycles. The quantitative estimate of drug-likeness (QED) is 0.330. The van der Waals surface area contributed by atoms with Crippen LogP contribution in [0.4, 0.5) is 0 Å². The molecule has 0 amide bonds. The number of rotatable bonds is 4. The molecule has 18 heavy (non-hydrogen) atoms. The van der Waals surface area contributed by atoms with Crippen molar-refractivity contribution < 1.29 is 45.7 Å². The lowest BCUT2D eigenvalue weighted by Crippen LogP contribution is -3.00. The Hall–Kier alpha value is -0.330. The highest BCUT2D eigenvalue weighted by Crippen LogP contribution is 2.60. The number of hydrogen-bond donors (Lipinski definition) is 4. The molecular formula is C7H13ClN2O6P2. The molecule has 0 aliphatic heterocycles. The minimum absolute atomic E-state index is 0. The van der Waals surface area contributed by atoms with Crippen molar-refractivity contribution in [2.24, 2.45) is 7.05 Å². The third-order valence-corrected chi connectivity index (χ3v) is 5.89. The summed E-state index contributed by atoms with van der Waals surface area (Å²) in [4.78, 5) is 39.6. The van der Waals surface area contributed by atoms with Crippen molar-refractivity contribution in [3.05, 3.63) is 24.3 Å². The maximum absolute atomic E-state index is 11.1. The van der Waals surface area contributed by atoms with E-state index < -0.39 is 27.0 Å². The van der Waals surface area contributed by atoms with Gasteiger partial charge in [0.15, 0.2) is 5.40 Å². The maximum atomic E-state index is 11.1. The van der Waals surface area contributed by atoms with E-state index in [0.29, 0.717) is 0 Å². The normalized spacial score (nSPS) is 12.3. The third kappa shape index (κ3) is 4.74. The van der Waals surface area contributed by atoms with Crippen LogP contribution in [-0.4, -0.2) is 30.0 Å². The summed E-state index contributed by atoms with van der Waals surface area (Å²) in [6.45, 7) is 0. The van der Waals surface area contributed by atoms with Crippen molar-refractivity contribution in [3.8, 4) is 0 Å². The van der Waals surface area contributed by atoms with E-state index in [0.717, 1.165) is 0 Å². The Morgan fingerprint density at radius 2 is 1.78 bits per heavy atom. The third-order valence-electron chi connectivity index (χ3n) is 2.17. The monoisotopic (exact) mass is 318 g/mol. The first-order valence-corrected chi connectivity index (χ1v) is 7.88. The van der Waals surface area contributed by atoms with E-state index in [4.69, 9.17) is 19.6 Å². The molecule has 104 valence electrons. The van der Waals surface area contributed by atoms with Crippen LogP contribution in [0.2, 0.25) is 0 Å². The largest absolute Gasteiger partial charge is 1.00 e. The second kappa shape index (κ2) is 6.21.